The molecule has 0 saturated heterocycles. The van der Waals surface area contributed by atoms with Crippen LogP contribution in [0, 0.1) is 5.41 Å². The Morgan fingerprint density at radius 1 is 1.23 bits per heavy atom. The third kappa shape index (κ3) is 6.01. The van der Waals surface area contributed by atoms with Crippen LogP contribution in [0.25, 0.3) is 0 Å². The van der Waals surface area contributed by atoms with Crippen LogP contribution in [-0.4, -0.2) is 38.2 Å². The number of carbonyl (C=O) groups is 2. The van der Waals surface area contributed by atoms with Crippen LogP contribution in [0.15, 0.2) is 61.2 Å². The molecule has 1 aromatic carbocycles. The number of rotatable bonds is 10. The van der Waals surface area contributed by atoms with E-state index in [-0.39, 0.29) is 18.8 Å². The molecular weight excluding hydrogens is 410 g/mol. The van der Waals surface area contributed by atoms with Crippen molar-refractivity contribution in [1.29, 1.82) is 0 Å². The molecule has 1 N–H and O–H groups in total. The van der Waals surface area contributed by atoms with Crippen LogP contribution in [0.1, 0.15) is 27.2 Å². The van der Waals surface area contributed by atoms with Gasteiger partial charge in [-0.1, -0.05) is 35.9 Å². The van der Waals surface area contributed by atoms with Crippen molar-refractivity contribution in [3.63, 3.8) is 0 Å². The lowest BCUT2D eigenvalue weighted by molar-refractivity contribution is -0.222. The van der Waals surface area contributed by atoms with Gasteiger partial charge in [-0.2, -0.15) is 9.78 Å². The SMILES string of the molecule is CC=CC=CCC(=O)OCC(C)(C)C(=O)C(O)(Oc1ccc(Cl)cc1)n1cncn1. The van der Waals surface area contributed by atoms with E-state index in [2.05, 4.69) is 10.1 Å². The Labute approximate surface area is 179 Å². The molecule has 0 radical (unpaired) electrons. The van der Waals surface area contributed by atoms with Gasteiger partial charge >= 0.3 is 11.9 Å². The fourth-order valence-corrected chi connectivity index (χ4v) is 2.53. The highest BCUT2D eigenvalue weighted by Gasteiger charge is 2.50. The van der Waals surface area contributed by atoms with E-state index in [9.17, 15) is 14.7 Å². The number of benzene rings is 1. The average molecular weight is 434 g/mol. The van der Waals surface area contributed by atoms with Gasteiger partial charge in [0, 0.05) is 5.02 Å². The number of aliphatic hydroxyl groups is 1. The van der Waals surface area contributed by atoms with E-state index >= 15 is 0 Å². The number of nitrogens with zero attached hydrogens (tertiary/aromatic N) is 3. The zero-order chi connectivity index (χ0) is 22.2. The van der Waals surface area contributed by atoms with Gasteiger partial charge in [-0.25, -0.2) is 4.98 Å². The normalized spacial score (nSPS) is 14.0. The minimum atomic E-state index is -2.51. The number of allylic oxidation sites excluding steroid dienone is 3. The maximum Gasteiger partial charge on any atom is 0.376 e. The molecular formula is C21H24ClN3O5. The first-order valence-electron chi connectivity index (χ1n) is 9.19. The van der Waals surface area contributed by atoms with E-state index in [0.717, 1.165) is 17.3 Å². The molecule has 9 heteroatoms. The summed E-state index contributed by atoms with van der Waals surface area (Å²) in [6, 6.07) is 6.11. The molecule has 0 bridgehead atoms. The number of hydrogen-bond acceptors (Lipinski definition) is 7. The summed E-state index contributed by atoms with van der Waals surface area (Å²) < 4.78 is 11.7. The number of ketones is 1. The summed E-state index contributed by atoms with van der Waals surface area (Å²) in [6.45, 7) is 4.67. The van der Waals surface area contributed by atoms with Crippen LogP contribution in [0.3, 0.4) is 0 Å². The summed E-state index contributed by atoms with van der Waals surface area (Å²) in [4.78, 5) is 29.0. The quantitative estimate of drug-likeness (QED) is 0.348. The van der Waals surface area contributed by atoms with Crippen molar-refractivity contribution < 1.29 is 24.2 Å². The van der Waals surface area contributed by atoms with E-state index in [1.165, 1.54) is 26.0 Å². The minimum absolute atomic E-state index is 0.0588. The van der Waals surface area contributed by atoms with Crippen LogP contribution in [-0.2, 0) is 20.2 Å². The molecule has 1 atom stereocenters. The zero-order valence-corrected chi connectivity index (χ0v) is 17.7. The molecule has 0 aliphatic heterocycles. The van der Waals surface area contributed by atoms with Gasteiger partial charge in [0.15, 0.2) is 0 Å². The summed E-state index contributed by atoms with van der Waals surface area (Å²) in [7, 11) is 0. The molecule has 0 aliphatic carbocycles. The molecule has 0 amide bonds. The number of carbonyl (C=O) groups excluding carboxylic acids is 2. The first kappa shape index (κ1) is 23.3. The lowest BCUT2D eigenvalue weighted by Gasteiger charge is -2.33. The number of halogens is 1. The maximum atomic E-state index is 13.3. The molecule has 0 saturated carbocycles. The summed E-state index contributed by atoms with van der Waals surface area (Å²) in [5.74, 6) is -3.59. The van der Waals surface area contributed by atoms with E-state index in [4.69, 9.17) is 21.1 Å². The van der Waals surface area contributed by atoms with Gasteiger partial charge in [0.05, 0.1) is 11.8 Å². The smallest absolute Gasteiger partial charge is 0.376 e. The Balaban J connectivity index is 2.18. The van der Waals surface area contributed by atoms with E-state index < -0.39 is 23.1 Å². The van der Waals surface area contributed by atoms with Crippen molar-refractivity contribution in [2.45, 2.75) is 33.1 Å². The highest BCUT2D eigenvalue weighted by Crippen LogP contribution is 2.30. The van der Waals surface area contributed by atoms with Crippen LogP contribution in [0.2, 0.25) is 5.02 Å². The number of ether oxygens (including phenoxy) is 2. The maximum absolute atomic E-state index is 13.3. The van der Waals surface area contributed by atoms with E-state index in [1.54, 1.807) is 30.4 Å². The van der Waals surface area contributed by atoms with Crippen molar-refractivity contribution in [2.75, 3.05) is 6.61 Å². The van der Waals surface area contributed by atoms with Gasteiger partial charge in [0.2, 0.25) is 5.78 Å². The number of esters is 1. The lowest BCUT2D eigenvalue weighted by atomic mass is 9.86. The average Bonchev–Trinajstić information content (AvgIpc) is 3.26. The van der Waals surface area contributed by atoms with Crippen molar-refractivity contribution >= 4 is 23.4 Å². The van der Waals surface area contributed by atoms with Gasteiger partial charge in [-0.05, 0) is 45.0 Å². The second-order valence-electron chi connectivity index (χ2n) is 7.04. The third-order valence-electron chi connectivity index (χ3n) is 4.03. The molecule has 30 heavy (non-hydrogen) atoms. The van der Waals surface area contributed by atoms with Crippen LogP contribution in [0.4, 0.5) is 0 Å². The van der Waals surface area contributed by atoms with E-state index in [1.807, 2.05) is 13.0 Å². The molecule has 160 valence electrons. The monoisotopic (exact) mass is 433 g/mol. The fraction of sp³-hybridized carbons (Fsp3) is 0.333. The molecule has 8 nitrogen and oxygen atoms in total. The predicted octanol–water partition coefficient (Wildman–Crippen LogP) is 3.27. The molecule has 2 aromatic rings. The van der Waals surface area contributed by atoms with Crippen molar-refractivity contribution in [2.24, 2.45) is 5.41 Å². The van der Waals surface area contributed by atoms with Crippen molar-refractivity contribution in [3.05, 3.63) is 66.2 Å². The Bertz CT molecular complexity index is 907. The van der Waals surface area contributed by atoms with Crippen LogP contribution >= 0.6 is 11.6 Å². The Kier molecular flexibility index (Phi) is 7.91. The second-order valence-corrected chi connectivity index (χ2v) is 7.47. The topological polar surface area (TPSA) is 104 Å². The summed E-state index contributed by atoms with van der Waals surface area (Å²) in [6.07, 6.45) is 9.36. The Hall–Kier alpha value is -2.97. The molecule has 0 fully saturated rings. The largest absolute Gasteiger partial charge is 0.464 e. The van der Waals surface area contributed by atoms with Gasteiger partial charge in [-0.15, -0.1) is 0 Å². The Morgan fingerprint density at radius 3 is 2.53 bits per heavy atom. The zero-order valence-electron chi connectivity index (χ0n) is 17.0. The van der Waals surface area contributed by atoms with Gasteiger partial charge < -0.3 is 14.6 Å². The third-order valence-corrected chi connectivity index (χ3v) is 4.28. The van der Waals surface area contributed by atoms with E-state index in [0.29, 0.717) is 5.02 Å². The first-order chi connectivity index (χ1) is 14.2. The predicted molar refractivity (Wildman–Crippen MR) is 111 cm³/mol. The number of aromatic nitrogens is 3. The van der Waals surface area contributed by atoms with Gasteiger partial charge in [0.1, 0.15) is 25.0 Å². The van der Waals surface area contributed by atoms with Crippen LogP contribution in [0.5, 0.6) is 5.75 Å². The minimum Gasteiger partial charge on any atom is -0.464 e. The summed E-state index contributed by atoms with van der Waals surface area (Å²) in [5, 5.41) is 15.5. The highest BCUT2D eigenvalue weighted by molar-refractivity contribution is 6.30. The summed E-state index contributed by atoms with van der Waals surface area (Å²) in [5.41, 5.74) is -1.30. The van der Waals surface area contributed by atoms with Crippen molar-refractivity contribution in [3.8, 4) is 5.75 Å². The lowest BCUT2D eigenvalue weighted by Crippen LogP contribution is -2.54. The Morgan fingerprint density at radius 2 is 1.93 bits per heavy atom. The van der Waals surface area contributed by atoms with Crippen LogP contribution < -0.4 is 4.74 Å². The molecule has 1 heterocycles. The van der Waals surface area contributed by atoms with Crippen molar-refractivity contribution in [1.82, 2.24) is 14.8 Å². The number of hydrogen-bond donors (Lipinski definition) is 1. The standard InChI is InChI=1S/C21H24ClN3O5/c1-4-5-6-7-8-18(26)29-13-20(2,3)19(27)21(28,25-15-23-14-24-25)30-17-11-9-16(22)10-12-17/h4-7,9-12,14-15,28H,8,13H2,1-3H3. The molecule has 1 unspecified atom stereocenters. The fourth-order valence-electron chi connectivity index (χ4n) is 2.41. The summed E-state index contributed by atoms with van der Waals surface area (Å²) >= 11 is 5.87. The number of Topliss-reactive ketones (excluding diaryl/α,β-unsaturated/α-hetero) is 1. The molecule has 0 spiro atoms. The molecule has 0 aliphatic rings. The second kappa shape index (κ2) is 10.2. The highest BCUT2D eigenvalue weighted by atomic mass is 35.5. The molecule has 2 rings (SSSR count). The first-order valence-corrected chi connectivity index (χ1v) is 9.57. The van der Waals surface area contributed by atoms with Gasteiger partial charge in [0.25, 0.3) is 0 Å². The van der Waals surface area contributed by atoms with Gasteiger partial charge in [-0.3, -0.25) is 9.59 Å². The molecule has 1 aromatic heterocycles.